The van der Waals surface area contributed by atoms with E-state index in [1.165, 1.54) is 17.9 Å². The van der Waals surface area contributed by atoms with E-state index in [4.69, 9.17) is 0 Å². The fourth-order valence-electron chi connectivity index (χ4n) is 3.35. The van der Waals surface area contributed by atoms with Gasteiger partial charge < -0.3 is 4.90 Å². The second kappa shape index (κ2) is 6.61. The molecule has 150 valence electrons. The van der Waals surface area contributed by atoms with Crippen LogP contribution >= 0.6 is 0 Å². The molecule has 0 aromatic carbocycles. The van der Waals surface area contributed by atoms with Gasteiger partial charge in [-0.15, -0.1) is 0 Å². The maximum absolute atomic E-state index is 13.3. The first-order valence-electron chi connectivity index (χ1n) is 8.63. The van der Waals surface area contributed by atoms with Crippen LogP contribution in [0, 0.1) is 20.8 Å². The maximum Gasteiger partial charge on any atom is 0.433 e. The van der Waals surface area contributed by atoms with Gasteiger partial charge in [0.2, 0.25) is 0 Å². The van der Waals surface area contributed by atoms with Gasteiger partial charge in [0.15, 0.2) is 11.3 Å². The summed E-state index contributed by atoms with van der Waals surface area (Å²) in [7, 11) is 3.40. The van der Waals surface area contributed by atoms with Gasteiger partial charge in [-0.3, -0.25) is 9.48 Å². The molecule has 0 aliphatic rings. The molecule has 0 fully saturated rings. The normalized spacial score (nSPS) is 13.2. The summed E-state index contributed by atoms with van der Waals surface area (Å²) >= 11 is 0. The number of carbonyl (C=O) groups is 1. The predicted octanol–water partition coefficient (Wildman–Crippen LogP) is 3.24. The van der Waals surface area contributed by atoms with Gasteiger partial charge in [0.25, 0.3) is 5.91 Å². The van der Waals surface area contributed by atoms with Crippen molar-refractivity contribution in [1.82, 2.24) is 29.3 Å². The van der Waals surface area contributed by atoms with Crippen molar-refractivity contribution in [3.63, 3.8) is 0 Å². The summed E-state index contributed by atoms with van der Waals surface area (Å²) < 4.78 is 42.3. The van der Waals surface area contributed by atoms with Crippen LogP contribution in [0.25, 0.3) is 5.65 Å². The Morgan fingerprint density at radius 3 is 2.36 bits per heavy atom. The Kier molecular flexibility index (Phi) is 4.68. The molecule has 0 aliphatic carbocycles. The highest BCUT2D eigenvalue weighted by Crippen LogP contribution is 2.30. The number of nitrogens with zero attached hydrogens (tertiary/aromatic N) is 6. The summed E-state index contributed by atoms with van der Waals surface area (Å²) in [5.41, 5.74) is 1.70. The van der Waals surface area contributed by atoms with Crippen LogP contribution in [0.15, 0.2) is 12.1 Å². The molecule has 1 unspecified atom stereocenters. The van der Waals surface area contributed by atoms with Gasteiger partial charge in [0, 0.05) is 37.1 Å². The van der Waals surface area contributed by atoms with Crippen LogP contribution in [0.3, 0.4) is 0 Å². The van der Waals surface area contributed by atoms with Gasteiger partial charge in [-0.25, -0.2) is 9.50 Å². The number of aromatic nitrogens is 5. The monoisotopic (exact) mass is 394 g/mol. The molecule has 0 radical (unpaired) electrons. The molecule has 10 heteroatoms. The molecule has 0 saturated heterocycles. The number of alkyl halides is 3. The van der Waals surface area contributed by atoms with E-state index < -0.39 is 17.8 Å². The second-order valence-corrected chi connectivity index (χ2v) is 6.88. The zero-order chi connectivity index (χ0) is 21.0. The molecular formula is C18H21F3N6O. The van der Waals surface area contributed by atoms with Crippen LogP contribution in [-0.4, -0.2) is 42.2 Å². The van der Waals surface area contributed by atoms with Gasteiger partial charge in [-0.05, 0) is 33.8 Å². The number of amides is 1. The molecular weight excluding hydrogens is 373 g/mol. The topological polar surface area (TPSA) is 68.3 Å². The van der Waals surface area contributed by atoms with Crippen molar-refractivity contribution < 1.29 is 18.0 Å². The number of halogens is 3. The smallest absolute Gasteiger partial charge is 0.333 e. The van der Waals surface area contributed by atoms with Crippen molar-refractivity contribution in [1.29, 1.82) is 0 Å². The summed E-state index contributed by atoms with van der Waals surface area (Å²) in [6.07, 6.45) is -4.61. The van der Waals surface area contributed by atoms with Crippen LogP contribution in [0.1, 0.15) is 51.8 Å². The van der Waals surface area contributed by atoms with E-state index in [2.05, 4.69) is 15.2 Å². The lowest BCUT2D eigenvalue weighted by Gasteiger charge is -2.24. The van der Waals surface area contributed by atoms with Gasteiger partial charge >= 0.3 is 6.18 Å². The minimum atomic E-state index is -4.61. The number of carbonyl (C=O) groups excluding carboxylic acids is 1. The van der Waals surface area contributed by atoms with E-state index >= 15 is 0 Å². The molecule has 1 amide bonds. The van der Waals surface area contributed by atoms with Gasteiger partial charge in [0.1, 0.15) is 5.69 Å². The van der Waals surface area contributed by atoms with E-state index in [0.29, 0.717) is 4.52 Å². The van der Waals surface area contributed by atoms with E-state index in [9.17, 15) is 18.0 Å². The lowest BCUT2D eigenvalue weighted by molar-refractivity contribution is -0.142. The van der Waals surface area contributed by atoms with Crippen molar-refractivity contribution in [2.45, 2.75) is 39.9 Å². The van der Waals surface area contributed by atoms with Crippen molar-refractivity contribution in [3.8, 4) is 0 Å². The van der Waals surface area contributed by atoms with Crippen LogP contribution in [-0.2, 0) is 13.2 Å². The third-order valence-electron chi connectivity index (χ3n) is 4.95. The Morgan fingerprint density at radius 2 is 1.82 bits per heavy atom. The van der Waals surface area contributed by atoms with Gasteiger partial charge in [-0.2, -0.15) is 23.4 Å². The molecule has 3 heterocycles. The molecule has 0 N–H and O–H groups in total. The summed E-state index contributed by atoms with van der Waals surface area (Å²) in [6, 6.07) is 1.85. The highest BCUT2D eigenvalue weighted by atomic mass is 19.4. The first-order chi connectivity index (χ1) is 12.9. The van der Waals surface area contributed by atoms with Crippen molar-refractivity contribution in [3.05, 3.63) is 46.2 Å². The summed E-state index contributed by atoms with van der Waals surface area (Å²) in [5, 5.41) is 8.24. The SMILES string of the molecule is Cc1cc(C(F)(F)F)n2nc(C(=O)N(C)C(C)c3c(C)nn(C)c3C)cc2n1. The first-order valence-corrected chi connectivity index (χ1v) is 8.63. The second-order valence-electron chi connectivity index (χ2n) is 6.88. The fraction of sp³-hybridized carbons (Fsp3) is 0.444. The molecule has 3 rings (SSSR count). The van der Waals surface area contributed by atoms with E-state index in [1.54, 1.807) is 11.7 Å². The average molecular weight is 394 g/mol. The molecule has 0 bridgehead atoms. The molecule has 0 spiro atoms. The van der Waals surface area contributed by atoms with Crippen molar-refractivity contribution >= 4 is 11.6 Å². The Hall–Kier alpha value is -2.91. The van der Waals surface area contributed by atoms with Crippen LogP contribution < -0.4 is 0 Å². The molecule has 3 aromatic rings. The highest BCUT2D eigenvalue weighted by Gasteiger charge is 2.35. The number of fused-ring (bicyclic) bond motifs is 1. The minimum absolute atomic E-state index is 0.0227. The molecule has 3 aromatic heterocycles. The average Bonchev–Trinajstić information content (AvgIpc) is 3.12. The van der Waals surface area contributed by atoms with E-state index in [-0.39, 0.29) is 23.1 Å². The lowest BCUT2D eigenvalue weighted by Crippen LogP contribution is -2.30. The molecule has 1 atom stereocenters. The highest BCUT2D eigenvalue weighted by molar-refractivity contribution is 5.93. The minimum Gasteiger partial charge on any atom is -0.333 e. The predicted molar refractivity (Wildman–Crippen MR) is 95.9 cm³/mol. The third-order valence-corrected chi connectivity index (χ3v) is 4.95. The van der Waals surface area contributed by atoms with E-state index in [0.717, 1.165) is 23.0 Å². The van der Waals surface area contributed by atoms with Crippen LogP contribution in [0.5, 0.6) is 0 Å². The van der Waals surface area contributed by atoms with Gasteiger partial charge in [0.05, 0.1) is 11.7 Å². The van der Waals surface area contributed by atoms with E-state index in [1.807, 2.05) is 27.8 Å². The number of hydrogen-bond acceptors (Lipinski definition) is 4. The number of hydrogen-bond donors (Lipinski definition) is 0. The summed E-state index contributed by atoms with van der Waals surface area (Å²) in [6.45, 7) is 7.06. The molecule has 28 heavy (non-hydrogen) atoms. The standard InChI is InChI=1S/C18H21F3N6O/c1-9-7-14(18(19,20)21)27-15(22-9)8-13(24-27)17(28)25(5)11(3)16-10(2)23-26(6)12(16)4/h7-8,11H,1-6H3. The molecule has 7 nitrogen and oxygen atoms in total. The zero-order valence-corrected chi connectivity index (χ0v) is 16.5. The Balaban J connectivity index is 2.01. The molecule has 0 aliphatic heterocycles. The zero-order valence-electron chi connectivity index (χ0n) is 16.5. The largest absolute Gasteiger partial charge is 0.433 e. The quantitative estimate of drug-likeness (QED) is 0.684. The third kappa shape index (κ3) is 3.23. The Morgan fingerprint density at radius 1 is 1.18 bits per heavy atom. The van der Waals surface area contributed by atoms with Crippen LogP contribution in [0.2, 0.25) is 0 Å². The van der Waals surface area contributed by atoms with Crippen molar-refractivity contribution in [2.75, 3.05) is 7.05 Å². The Labute approximate surface area is 159 Å². The van der Waals surface area contributed by atoms with Crippen molar-refractivity contribution in [2.24, 2.45) is 7.05 Å². The number of aryl methyl sites for hydroxylation is 3. The fourth-order valence-corrected chi connectivity index (χ4v) is 3.35. The summed E-state index contributed by atoms with van der Waals surface area (Å²) in [5.74, 6) is -0.494. The Bertz CT molecular complexity index is 1070. The van der Waals surface area contributed by atoms with Gasteiger partial charge in [-0.1, -0.05) is 0 Å². The maximum atomic E-state index is 13.3. The molecule has 0 saturated carbocycles. The van der Waals surface area contributed by atoms with Crippen LogP contribution in [0.4, 0.5) is 13.2 Å². The summed E-state index contributed by atoms with van der Waals surface area (Å²) in [4.78, 5) is 18.4. The lowest BCUT2D eigenvalue weighted by atomic mass is 10.1. The number of rotatable bonds is 3. The first kappa shape index (κ1) is 19.8.